The number of thiazole rings is 1. The van der Waals surface area contributed by atoms with Gasteiger partial charge in [-0.25, -0.2) is 4.98 Å². The Morgan fingerprint density at radius 1 is 0.906 bits per heavy atom. The van der Waals surface area contributed by atoms with Crippen LogP contribution in [0, 0.1) is 6.92 Å². The minimum absolute atomic E-state index is 0.143. The molecule has 1 aromatic heterocycles. The Balaban J connectivity index is 1.51. The summed E-state index contributed by atoms with van der Waals surface area (Å²) in [5, 5.41) is 6.62. The van der Waals surface area contributed by atoms with Gasteiger partial charge in [-0.3, -0.25) is 14.9 Å². The van der Waals surface area contributed by atoms with Gasteiger partial charge < -0.3 is 10.1 Å². The van der Waals surface area contributed by atoms with E-state index in [4.69, 9.17) is 4.74 Å². The summed E-state index contributed by atoms with van der Waals surface area (Å²) in [4.78, 5) is 29.6. The van der Waals surface area contributed by atoms with Gasteiger partial charge in [-0.05, 0) is 36.8 Å². The van der Waals surface area contributed by atoms with Crippen LogP contribution in [-0.4, -0.2) is 23.4 Å². The molecule has 2 amide bonds. The highest BCUT2D eigenvalue weighted by molar-refractivity contribution is 7.20. The SMILES string of the molecule is Cc1cccc(OCC(=O)Nc2nc(-c3ccccc3)c(NC(=O)c3ccccc3)s2)c1. The highest BCUT2D eigenvalue weighted by atomic mass is 32.1. The predicted octanol–water partition coefficient (Wildman–Crippen LogP) is 5.39. The number of hydrogen-bond donors (Lipinski definition) is 2. The van der Waals surface area contributed by atoms with Crippen molar-refractivity contribution >= 4 is 33.3 Å². The van der Waals surface area contributed by atoms with Crippen molar-refractivity contribution in [3.05, 3.63) is 96.1 Å². The molecule has 32 heavy (non-hydrogen) atoms. The molecule has 0 saturated heterocycles. The van der Waals surface area contributed by atoms with E-state index in [1.807, 2.05) is 61.5 Å². The van der Waals surface area contributed by atoms with Gasteiger partial charge >= 0.3 is 0 Å². The van der Waals surface area contributed by atoms with Crippen molar-refractivity contribution in [2.24, 2.45) is 0 Å². The molecule has 0 unspecified atom stereocenters. The predicted molar refractivity (Wildman–Crippen MR) is 127 cm³/mol. The highest BCUT2D eigenvalue weighted by Gasteiger charge is 2.18. The van der Waals surface area contributed by atoms with Gasteiger partial charge in [0.1, 0.15) is 16.4 Å². The number of carbonyl (C=O) groups is 2. The molecule has 0 aliphatic rings. The van der Waals surface area contributed by atoms with E-state index in [2.05, 4.69) is 15.6 Å². The second kappa shape index (κ2) is 9.89. The molecule has 160 valence electrons. The van der Waals surface area contributed by atoms with Crippen molar-refractivity contribution in [1.82, 2.24) is 4.98 Å². The largest absolute Gasteiger partial charge is 0.484 e. The number of carbonyl (C=O) groups excluding carboxylic acids is 2. The lowest BCUT2D eigenvalue weighted by Gasteiger charge is -2.06. The Morgan fingerprint density at radius 2 is 1.62 bits per heavy atom. The third kappa shape index (κ3) is 5.39. The summed E-state index contributed by atoms with van der Waals surface area (Å²) in [6, 6.07) is 25.9. The van der Waals surface area contributed by atoms with Gasteiger partial charge in [-0.2, -0.15) is 0 Å². The zero-order valence-corrected chi connectivity index (χ0v) is 18.2. The highest BCUT2D eigenvalue weighted by Crippen LogP contribution is 2.36. The lowest BCUT2D eigenvalue weighted by Crippen LogP contribution is -2.20. The second-order valence-corrected chi connectivity index (χ2v) is 8.04. The number of nitrogens with one attached hydrogen (secondary N) is 2. The first-order valence-electron chi connectivity index (χ1n) is 10.0. The maximum atomic E-state index is 12.7. The second-order valence-electron chi connectivity index (χ2n) is 7.04. The molecular weight excluding hydrogens is 422 g/mol. The van der Waals surface area contributed by atoms with Crippen LogP contribution >= 0.6 is 11.3 Å². The lowest BCUT2D eigenvalue weighted by atomic mass is 10.1. The number of anilines is 2. The van der Waals surface area contributed by atoms with Crippen LogP contribution in [0.5, 0.6) is 5.75 Å². The topological polar surface area (TPSA) is 80.3 Å². The summed E-state index contributed by atoms with van der Waals surface area (Å²) < 4.78 is 5.56. The van der Waals surface area contributed by atoms with Gasteiger partial charge in [0.15, 0.2) is 11.7 Å². The summed E-state index contributed by atoms with van der Waals surface area (Å²) in [6.07, 6.45) is 0. The average molecular weight is 444 g/mol. The fraction of sp³-hybridized carbons (Fsp3) is 0.0800. The minimum Gasteiger partial charge on any atom is -0.484 e. The van der Waals surface area contributed by atoms with Crippen molar-refractivity contribution in [2.75, 3.05) is 17.2 Å². The monoisotopic (exact) mass is 443 g/mol. The van der Waals surface area contributed by atoms with Gasteiger partial charge in [-0.1, -0.05) is 72.0 Å². The Kier molecular flexibility index (Phi) is 6.57. The maximum Gasteiger partial charge on any atom is 0.264 e. The fourth-order valence-electron chi connectivity index (χ4n) is 3.02. The standard InChI is InChI=1S/C25H21N3O3S/c1-17-9-8-14-20(15-17)31-16-21(29)26-25-27-22(18-10-4-2-5-11-18)24(32-25)28-23(30)19-12-6-3-7-13-19/h2-15H,16H2,1H3,(H,28,30)(H,26,27,29). The molecule has 0 saturated carbocycles. The number of benzene rings is 3. The molecule has 1 heterocycles. The van der Waals surface area contributed by atoms with Crippen LogP contribution in [0.25, 0.3) is 11.3 Å². The minimum atomic E-state index is -0.333. The quantitative estimate of drug-likeness (QED) is 0.401. The number of rotatable bonds is 7. The van der Waals surface area contributed by atoms with E-state index in [1.54, 1.807) is 30.3 Å². The number of hydrogen-bond acceptors (Lipinski definition) is 5. The van der Waals surface area contributed by atoms with Crippen molar-refractivity contribution in [3.8, 4) is 17.0 Å². The average Bonchev–Trinajstić information content (AvgIpc) is 3.20. The first kappa shape index (κ1) is 21.3. The molecular formula is C25H21N3O3S. The summed E-state index contributed by atoms with van der Waals surface area (Å²) in [5.41, 5.74) is 3.02. The molecule has 6 nitrogen and oxygen atoms in total. The molecule has 0 bridgehead atoms. The molecule has 4 rings (SSSR count). The molecule has 0 aliphatic carbocycles. The van der Waals surface area contributed by atoms with Crippen molar-refractivity contribution < 1.29 is 14.3 Å². The van der Waals surface area contributed by atoms with E-state index in [9.17, 15) is 9.59 Å². The Morgan fingerprint density at radius 3 is 2.34 bits per heavy atom. The van der Waals surface area contributed by atoms with Crippen LogP contribution in [-0.2, 0) is 4.79 Å². The fourth-order valence-corrected chi connectivity index (χ4v) is 3.92. The molecule has 3 aromatic carbocycles. The number of aryl methyl sites for hydroxylation is 1. The van der Waals surface area contributed by atoms with Gasteiger partial charge in [0, 0.05) is 11.1 Å². The van der Waals surface area contributed by atoms with Crippen molar-refractivity contribution in [2.45, 2.75) is 6.92 Å². The lowest BCUT2D eigenvalue weighted by molar-refractivity contribution is -0.118. The third-order valence-electron chi connectivity index (χ3n) is 4.54. The van der Waals surface area contributed by atoms with Gasteiger partial charge in [-0.15, -0.1) is 0 Å². The van der Waals surface area contributed by atoms with Crippen LogP contribution < -0.4 is 15.4 Å². The van der Waals surface area contributed by atoms with Gasteiger partial charge in [0.05, 0.1) is 0 Å². The van der Waals surface area contributed by atoms with Crippen LogP contribution in [0.1, 0.15) is 15.9 Å². The number of amides is 2. The summed E-state index contributed by atoms with van der Waals surface area (Å²) in [6.45, 7) is 1.81. The summed E-state index contributed by atoms with van der Waals surface area (Å²) in [5.74, 6) is 0.0490. The molecule has 2 N–H and O–H groups in total. The van der Waals surface area contributed by atoms with E-state index in [-0.39, 0.29) is 18.4 Å². The normalized spacial score (nSPS) is 10.4. The zero-order chi connectivity index (χ0) is 22.3. The number of ether oxygens (including phenoxy) is 1. The molecule has 0 radical (unpaired) electrons. The third-order valence-corrected chi connectivity index (χ3v) is 5.43. The van der Waals surface area contributed by atoms with Crippen LogP contribution in [0.3, 0.4) is 0 Å². The molecule has 7 heteroatoms. The number of nitrogens with zero attached hydrogens (tertiary/aromatic N) is 1. The molecule has 0 spiro atoms. The van der Waals surface area contributed by atoms with Crippen molar-refractivity contribution in [3.63, 3.8) is 0 Å². The Labute approximate surface area is 189 Å². The summed E-state index contributed by atoms with van der Waals surface area (Å²) >= 11 is 1.20. The smallest absolute Gasteiger partial charge is 0.264 e. The Hall–Kier alpha value is -3.97. The molecule has 0 aliphatic heterocycles. The summed E-state index contributed by atoms with van der Waals surface area (Å²) in [7, 11) is 0. The number of aromatic nitrogens is 1. The van der Waals surface area contributed by atoms with Crippen LogP contribution in [0.4, 0.5) is 10.1 Å². The van der Waals surface area contributed by atoms with E-state index in [0.717, 1.165) is 11.1 Å². The van der Waals surface area contributed by atoms with E-state index in [0.29, 0.717) is 27.1 Å². The van der Waals surface area contributed by atoms with E-state index < -0.39 is 0 Å². The molecule has 0 fully saturated rings. The first-order valence-corrected chi connectivity index (χ1v) is 10.8. The van der Waals surface area contributed by atoms with E-state index in [1.165, 1.54) is 11.3 Å². The van der Waals surface area contributed by atoms with Gasteiger partial charge in [0.2, 0.25) is 0 Å². The van der Waals surface area contributed by atoms with Gasteiger partial charge in [0.25, 0.3) is 11.8 Å². The maximum absolute atomic E-state index is 12.7. The van der Waals surface area contributed by atoms with Crippen molar-refractivity contribution in [1.29, 1.82) is 0 Å². The molecule has 4 aromatic rings. The van der Waals surface area contributed by atoms with Crippen LogP contribution in [0.2, 0.25) is 0 Å². The van der Waals surface area contributed by atoms with Crippen LogP contribution in [0.15, 0.2) is 84.9 Å². The Bertz CT molecular complexity index is 1220. The first-order chi connectivity index (χ1) is 15.6. The van der Waals surface area contributed by atoms with E-state index >= 15 is 0 Å². The zero-order valence-electron chi connectivity index (χ0n) is 17.4. The molecule has 0 atom stereocenters.